The molecule has 2 aromatic rings. The van der Waals surface area contributed by atoms with Crippen molar-refractivity contribution < 1.29 is 4.57 Å². The molecule has 1 nitrogen and oxygen atoms in total. The third-order valence-electron chi connectivity index (χ3n) is 3.73. The Labute approximate surface area is 135 Å². The Morgan fingerprint density at radius 2 is 1.50 bits per heavy atom. The fourth-order valence-corrected chi connectivity index (χ4v) is 2.58. The molecule has 0 aliphatic rings. The highest BCUT2D eigenvalue weighted by atomic mass is 14.9. The van der Waals surface area contributed by atoms with E-state index in [9.17, 15) is 0 Å². The maximum absolute atomic E-state index is 3.27. The molecule has 0 N–H and O–H groups in total. The van der Waals surface area contributed by atoms with Gasteiger partial charge >= 0.3 is 0 Å². The number of unbranched alkanes of at least 4 members (excludes halogenated alkanes) is 1. The molecule has 0 bridgehead atoms. The van der Waals surface area contributed by atoms with Crippen molar-refractivity contribution in [2.45, 2.75) is 52.9 Å². The van der Waals surface area contributed by atoms with E-state index in [4.69, 9.17) is 0 Å². The first kappa shape index (κ1) is 16.3. The van der Waals surface area contributed by atoms with E-state index in [-0.39, 0.29) is 0 Å². The predicted molar refractivity (Wildman–Crippen MR) is 92.7 cm³/mol. The van der Waals surface area contributed by atoms with Gasteiger partial charge in [-0.2, -0.15) is 0 Å². The van der Waals surface area contributed by atoms with E-state index in [1.807, 2.05) is 4.57 Å². The molecule has 0 atom stereocenters. The minimum Gasteiger partial charge on any atom is -0.118 e. The fourth-order valence-electron chi connectivity index (χ4n) is 2.58. The van der Waals surface area contributed by atoms with Crippen molar-refractivity contribution in [1.29, 1.82) is 0 Å². The molecule has 0 saturated carbocycles. The van der Waals surface area contributed by atoms with Gasteiger partial charge in [-0.15, -0.1) is 4.57 Å². The smallest absolute Gasteiger partial charge is 0.118 e. The van der Waals surface area contributed by atoms with Crippen molar-refractivity contribution in [2.75, 3.05) is 0 Å². The van der Waals surface area contributed by atoms with Crippen molar-refractivity contribution in [1.82, 2.24) is 0 Å². The van der Waals surface area contributed by atoms with Gasteiger partial charge in [-0.3, -0.25) is 0 Å². The lowest BCUT2D eigenvalue weighted by Gasteiger charge is -2.01. The average Bonchev–Trinajstić information content (AvgIpc) is 2.50. The largest absolute Gasteiger partial charge is 0.228 e. The van der Waals surface area contributed by atoms with Crippen LogP contribution in [0.15, 0.2) is 42.7 Å². The Morgan fingerprint density at radius 1 is 0.909 bits per heavy atom. The van der Waals surface area contributed by atoms with Gasteiger partial charge < -0.3 is 0 Å². The van der Waals surface area contributed by atoms with Gasteiger partial charge in [0, 0.05) is 17.5 Å². The molecule has 1 heterocycles. The van der Waals surface area contributed by atoms with Crippen molar-refractivity contribution in [3.05, 3.63) is 65.0 Å². The van der Waals surface area contributed by atoms with Crippen LogP contribution in [0.1, 0.15) is 48.4 Å². The SMILES string of the molecule is CCCCc1ccc(CCC#C[n+]2cc(C)cc(C)c2)cc1. The summed E-state index contributed by atoms with van der Waals surface area (Å²) in [6, 6.07) is 14.4. The number of rotatable bonds is 5. The molecule has 0 unspecified atom stereocenters. The maximum Gasteiger partial charge on any atom is 0.228 e. The van der Waals surface area contributed by atoms with Gasteiger partial charge in [0.25, 0.3) is 0 Å². The van der Waals surface area contributed by atoms with Crippen LogP contribution in [0.4, 0.5) is 0 Å². The Kier molecular flexibility index (Phi) is 6.22. The highest BCUT2D eigenvalue weighted by Gasteiger charge is 1.99. The summed E-state index contributed by atoms with van der Waals surface area (Å²) >= 11 is 0. The van der Waals surface area contributed by atoms with Gasteiger partial charge in [-0.05, 0) is 56.2 Å². The van der Waals surface area contributed by atoms with Crippen LogP contribution < -0.4 is 4.57 Å². The summed E-state index contributed by atoms with van der Waals surface area (Å²) in [7, 11) is 0. The number of hydrogen-bond acceptors (Lipinski definition) is 0. The summed E-state index contributed by atoms with van der Waals surface area (Å²) in [5.74, 6) is 3.27. The van der Waals surface area contributed by atoms with Gasteiger partial charge in [-0.25, -0.2) is 0 Å². The van der Waals surface area contributed by atoms with Gasteiger partial charge in [0.1, 0.15) is 0 Å². The van der Waals surface area contributed by atoms with E-state index < -0.39 is 0 Å². The van der Waals surface area contributed by atoms with Crippen molar-refractivity contribution in [2.24, 2.45) is 0 Å². The average molecular weight is 292 g/mol. The third kappa shape index (κ3) is 5.37. The third-order valence-corrected chi connectivity index (χ3v) is 3.73. The lowest BCUT2D eigenvalue weighted by atomic mass is 10.0. The summed E-state index contributed by atoms with van der Waals surface area (Å²) < 4.78 is 1.97. The highest BCUT2D eigenvalue weighted by molar-refractivity contribution is 5.23. The minimum atomic E-state index is 0.897. The molecule has 0 saturated heterocycles. The molecule has 0 aliphatic carbocycles. The first-order valence-electron chi connectivity index (χ1n) is 8.23. The summed E-state index contributed by atoms with van der Waals surface area (Å²) in [4.78, 5) is 0. The van der Waals surface area contributed by atoms with Crippen LogP contribution in [0.25, 0.3) is 0 Å². The molecule has 0 aliphatic heterocycles. The lowest BCUT2D eigenvalue weighted by Crippen LogP contribution is -2.27. The Bertz CT molecular complexity index is 636. The molecule has 1 heteroatoms. The van der Waals surface area contributed by atoms with Gasteiger partial charge in [-0.1, -0.05) is 37.6 Å². The van der Waals surface area contributed by atoms with Crippen molar-refractivity contribution in [3.63, 3.8) is 0 Å². The molecule has 22 heavy (non-hydrogen) atoms. The zero-order valence-electron chi connectivity index (χ0n) is 14.0. The fraction of sp³-hybridized carbons (Fsp3) is 0.381. The number of aryl methyl sites for hydroxylation is 4. The monoisotopic (exact) mass is 292 g/mol. The van der Waals surface area contributed by atoms with E-state index in [1.54, 1.807) is 0 Å². The summed E-state index contributed by atoms with van der Waals surface area (Å²) in [5, 5.41) is 0. The molecule has 0 amide bonds. The Morgan fingerprint density at radius 3 is 2.09 bits per heavy atom. The molecule has 1 aromatic carbocycles. The molecule has 114 valence electrons. The second kappa shape index (κ2) is 8.39. The first-order chi connectivity index (χ1) is 10.7. The van der Waals surface area contributed by atoms with E-state index in [2.05, 4.69) is 75.5 Å². The molecule has 0 radical (unpaired) electrons. The standard InChI is InChI=1S/C21H26N/c1-4-5-8-20-10-12-21(13-11-20)9-6-7-14-22-16-18(2)15-19(3)17-22/h10-13,15-17H,4-6,8-9H2,1-3H3/q+1. The van der Waals surface area contributed by atoms with Gasteiger partial charge in [0.05, 0.1) is 0 Å². The number of pyridine rings is 1. The van der Waals surface area contributed by atoms with Crippen LogP contribution in [0.3, 0.4) is 0 Å². The van der Waals surface area contributed by atoms with E-state index in [0.29, 0.717) is 0 Å². The normalized spacial score (nSPS) is 10.1. The van der Waals surface area contributed by atoms with Gasteiger partial charge in [0.2, 0.25) is 6.04 Å². The molecule has 1 aromatic heterocycles. The van der Waals surface area contributed by atoms with Crippen molar-refractivity contribution in [3.8, 4) is 12.0 Å². The number of hydrogen-bond donors (Lipinski definition) is 0. The van der Waals surface area contributed by atoms with E-state index in [0.717, 1.165) is 12.8 Å². The number of nitrogens with zero attached hydrogens (tertiary/aromatic N) is 1. The van der Waals surface area contributed by atoms with Gasteiger partial charge in [0.15, 0.2) is 12.4 Å². The van der Waals surface area contributed by atoms with Crippen LogP contribution in [0.5, 0.6) is 0 Å². The van der Waals surface area contributed by atoms with Crippen LogP contribution in [-0.4, -0.2) is 0 Å². The Hall–Kier alpha value is -2.07. The molecular weight excluding hydrogens is 266 g/mol. The van der Waals surface area contributed by atoms with E-state index >= 15 is 0 Å². The molecular formula is C21H26N+. The summed E-state index contributed by atoms with van der Waals surface area (Å²) in [6.07, 6.45) is 9.79. The Balaban J connectivity index is 1.87. The first-order valence-corrected chi connectivity index (χ1v) is 8.23. The lowest BCUT2D eigenvalue weighted by molar-refractivity contribution is -0.584. The molecule has 0 spiro atoms. The quantitative estimate of drug-likeness (QED) is 0.569. The van der Waals surface area contributed by atoms with Crippen LogP contribution in [0.2, 0.25) is 0 Å². The second-order valence-corrected chi connectivity index (χ2v) is 6.01. The van der Waals surface area contributed by atoms with Crippen LogP contribution in [0, 0.1) is 25.8 Å². The summed E-state index contributed by atoms with van der Waals surface area (Å²) in [6.45, 7) is 6.44. The van der Waals surface area contributed by atoms with Crippen LogP contribution in [-0.2, 0) is 12.8 Å². The van der Waals surface area contributed by atoms with E-state index in [1.165, 1.54) is 41.5 Å². The molecule has 0 fully saturated rings. The maximum atomic E-state index is 3.27. The topological polar surface area (TPSA) is 3.88 Å². The second-order valence-electron chi connectivity index (χ2n) is 6.01. The number of benzene rings is 1. The summed E-state index contributed by atoms with van der Waals surface area (Å²) in [5.41, 5.74) is 5.32. The van der Waals surface area contributed by atoms with Crippen LogP contribution >= 0.6 is 0 Å². The van der Waals surface area contributed by atoms with Crippen molar-refractivity contribution >= 4 is 0 Å². The minimum absolute atomic E-state index is 0.897. The zero-order valence-corrected chi connectivity index (χ0v) is 14.0. The zero-order chi connectivity index (χ0) is 15.8. The highest BCUT2D eigenvalue weighted by Crippen LogP contribution is 2.09. The predicted octanol–water partition coefficient (Wildman–Crippen LogP) is 4.38. The number of aromatic nitrogens is 1. The molecule has 2 rings (SSSR count).